The fraction of sp³-hybridized carbons (Fsp3) is 0.286. The molecule has 0 aromatic heterocycles. The number of fused-ring (bicyclic) bond motifs is 2. The molecule has 0 saturated carbocycles. The molecule has 0 aromatic carbocycles. The second-order valence-electron chi connectivity index (χ2n) is 4.27. The van der Waals surface area contributed by atoms with E-state index in [2.05, 4.69) is 0 Å². The van der Waals surface area contributed by atoms with Crippen molar-refractivity contribution in [3.63, 3.8) is 0 Å². The van der Waals surface area contributed by atoms with Crippen LogP contribution in [0.5, 0.6) is 0 Å². The zero-order valence-corrected chi connectivity index (χ0v) is 9.41. The van der Waals surface area contributed by atoms with Crippen molar-refractivity contribution in [2.24, 2.45) is 22.7 Å². The van der Waals surface area contributed by atoms with E-state index in [0.29, 0.717) is 0 Å². The molecule has 0 spiro atoms. The molecule has 0 radical (unpaired) electrons. The van der Waals surface area contributed by atoms with E-state index in [9.17, 15) is 21.0 Å². The Labute approximate surface area is 105 Å². The molecule has 0 amide bonds. The first kappa shape index (κ1) is 11.7. The summed E-state index contributed by atoms with van der Waals surface area (Å²) in [6.45, 7) is 0. The minimum atomic E-state index is -1.67. The molecule has 4 heteroatoms. The average Bonchev–Trinajstić information content (AvgIpc) is 2.38. The van der Waals surface area contributed by atoms with Crippen LogP contribution < -0.4 is 0 Å². The van der Waals surface area contributed by atoms with Gasteiger partial charge in [-0.2, -0.15) is 21.0 Å². The predicted molar refractivity (Wildman–Crippen MR) is 61.7 cm³/mol. The van der Waals surface area contributed by atoms with Crippen LogP contribution in [0.15, 0.2) is 36.5 Å². The summed E-state index contributed by atoms with van der Waals surface area (Å²) in [4.78, 5) is 0. The number of nitrogens with zero attached hydrogens (tertiary/aromatic N) is 4. The fourth-order valence-corrected chi connectivity index (χ4v) is 2.54. The lowest BCUT2D eigenvalue weighted by atomic mass is 9.51. The topological polar surface area (TPSA) is 95.2 Å². The van der Waals surface area contributed by atoms with Crippen molar-refractivity contribution in [3.8, 4) is 24.3 Å². The third-order valence-corrected chi connectivity index (χ3v) is 3.60. The van der Waals surface area contributed by atoms with Crippen molar-refractivity contribution in [2.45, 2.75) is 0 Å². The van der Waals surface area contributed by atoms with Gasteiger partial charge in [0.1, 0.15) is 0 Å². The van der Waals surface area contributed by atoms with Crippen molar-refractivity contribution < 1.29 is 0 Å². The molecule has 2 atom stereocenters. The summed E-state index contributed by atoms with van der Waals surface area (Å²) in [5.74, 6) is -1.10. The van der Waals surface area contributed by atoms with Gasteiger partial charge in [0.05, 0.1) is 24.3 Å². The van der Waals surface area contributed by atoms with Gasteiger partial charge in [0.25, 0.3) is 0 Å². The van der Waals surface area contributed by atoms with Crippen LogP contribution >= 0.6 is 0 Å². The average molecular weight is 232 g/mol. The normalized spacial score (nSPS) is 29.1. The maximum Gasteiger partial charge on any atom is 0.185 e. The van der Waals surface area contributed by atoms with Crippen molar-refractivity contribution >= 4 is 0 Å². The molecule has 3 aliphatic carbocycles. The number of rotatable bonds is 0. The molecule has 3 aliphatic rings. The van der Waals surface area contributed by atoms with Crippen LogP contribution in [0.4, 0.5) is 0 Å². The van der Waals surface area contributed by atoms with E-state index in [0.717, 1.165) is 0 Å². The smallest absolute Gasteiger partial charge is 0.185 e. The van der Waals surface area contributed by atoms with Gasteiger partial charge in [-0.3, -0.25) is 0 Å². The van der Waals surface area contributed by atoms with E-state index < -0.39 is 22.7 Å². The highest BCUT2D eigenvalue weighted by Gasteiger charge is 2.62. The van der Waals surface area contributed by atoms with Gasteiger partial charge in [0.2, 0.25) is 0 Å². The number of nitriles is 4. The van der Waals surface area contributed by atoms with Gasteiger partial charge in [-0.15, -0.1) is 0 Å². The molecule has 0 N–H and O–H groups in total. The monoisotopic (exact) mass is 232 g/mol. The Morgan fingerprint density at radius 2 is 0.944 bits per heavy atom. The Morgan fingerprint density at radius 1 is 0.611 bits per heavy atom. The van der Waals surface area contributed by atoms with E-state index in [1.165, 1.54) is 0 Å². The molecular weight excluding hydrogens is 224 g/mol. The molecular formula is C14H8N4. The predicted octanol–water partition coefficient (Wildman–Crippen LogP) is 1.98. The van der Waals surface area contributed by atoms with Crippen LogP contribution in [0.3, 0.4) is 0 Å². The maximum absolute atomic E-state index is 9.41. The highest BCUT2D eigenvalue weighted by molar-refractivity contribution is 5.46. The van der Waals surface area contributed by atoms with Crippen LogP contribution in [-0.4, -0.2) is 0 Å². The van der Waals surface area contributed by atoms with Crippen molar-refractivity contribution in [2.75, 3.05) is 0 Å². The van der Waals surface area contributed by atoms with Gasteiger partial charge in [-0.25, -0.2) is 0 Å². The largest absolute Gasteiger partial charge is 0.196 e. The Bertz CT molecular complexity index is 541. The molecule has 0 aliphatic heterocycles. The van der Waals surface area contributed by atoms with Crippen LogP contribution in [0.1, 0.15) is 0 Å². The summed E-state index contributed by atoms with van der Waals surface area (Å²) < 4.78 is 0. The summed E-state index contributed by atoms with van der Waals surface area (Å²) in [7, 11) is 0. The Morgan fingerprint density at radius 3 is 1.22 bits per heavy atom. The summed E-state index contributed by atoms with van der Waals surface area (Å²) in [5.41, 5.74) is -3.34. The van der Waals surface area contributed by atoms with E-state index >= 15 is 0 Å². The molecule has 3 rings (SSSR count). The maximum atomic E-state index is 9.41. The van der Waals surface area contributed by atoms with Crippen molar-refractivity contribution in [1.82, 2.24) is 0 Å². The standard InChI is InChI=1S/C14H8N4/c15-7-13(8-16)11-3-1-2-4-12(6-5-11)14(13,9-17)10-18/h1-6,11-12H. The SMILES string of the molecule is N#CC1(C#N)C2C=CC=CC(C=C2)C1(C#N)C#N. The quantitative estimate of drug-likeness (QED) is 0.596. The minimum absolute atomic E-state index is 0.548. The molecule has 18 heavy (non-hydrogen) atoms. The second-order valence-corrected chi connectivity index (χ2v) is 4.27. The zero-order valence-electron chi connectivity index (χ0n) is 9.41. The molecule has 0 fully saturated rings. The van der Waals surface area contributed by atoms with Crippen LogP contribution in [0.2, 0.25) is 0 Å². The Kier molecular flexibility index (Phi) is 2.52. The second kappa shape index (κ2) is 3.89. The van der Waals surface area contributed by atoms with Crippen LogP contribution in [0, 0.1) is 68.0 Å². The van der Waals surface area contributed by atoms with Crippen molar-refractivity contribution in [3.05, 3.63) is 36.5 Å². The highest BCUT2D eigenvalue weighted by atomic mass is 14.6. The molecule has 0 heterocycles. The summed E-state index contributed by atoms with van der Waals surface area (Å²) in [6.07, 6.45) is 10.3. The van der Waals surface area contributed by atoms with Crippen LogP contribution in [0.25, 0.3) is 0 Å². The van der Waals surface area contributed by atoms with Crippen molar-refractivity contribution in [1.29, 1.82) is 21.0 Å². The Hall–Kier alpha value is -2.82. The summed E-state index contributed by atoms with van der Waals surface area (Å²) >= 11 is 0. The molecule has 2 unspecified atom stereocenters. The lowest BCUT2D eigenvalue weighted by Gasteiger charge is -2.42. The van der Waals surface area contributed by atoms with Gasteiger partial charge in [0.15, 0.2) is 10.8 Å². The highest BCUT2D eigenvalue weighted by Crippen LogP contribution is 2.54. The first-order valence-electron chi connectivity index (χ1n) is 5.39. The van der Waals surface area contributed by atoms with Crippen LogP contribution in [-0.2, 0) is 0 Å². The molecule has 4 nitrogen and oxygen atoms in total. The lowest BCUT2D eigenvalue weighted by molar-refractivity contribution is 0.202. The molecule has 84 valence electrons. The van der Waals surface area contributed by atoms with Gasteiger partial charge in [0, 0.05) is 11.8 Å². The summed E-state index contributed by atoms with van der Waals surface area (Å²) in [6, 6.07) is 7.67. The molecule has 0 aromatic rings. The summed E-state index contributed by atoms with van der Waals surface area (Å²) in [5, 5.41) is 37.6. The van der Waals surface area contributed by atoms with E-state index in [1.54, 1.807) is 36.5 Å². The lowest BCUT2D eigenvalue weighted by Crippen LogP contribution is -2.49. The number of hydrogen-bond donors (Lipinski definition) is 0. The van der Waals surface area contributed by atoms with Gasteiger partial charge in [-0.05, 0) is 0 Å². The first-order valence-corrected chi connectivity index (χ1v) is 5.39. The molecule has 0 saturated heterocycles. The van der Waals surface area contributed by atoms with Gasteiger partial charge in [-0.1, -0.05) is 36.5 Å². The number of hydrogen-bond acceptors (Lipinski definition) is 4. The first-order chi connectivity index (χ1) is 8.70. The van der Waals surface area contributed by atoms with Gasteiger partial charge >= 0.3 is 0 Å². The van der Waals surface area contributed by atoms with E-state index in [4.69, 9.17) is 0 Å². The van der Waals surface area contributed by atoms with E-state index in [1.807, 2.05) is 24.3 Å². The third kappa shape index (κ3) is 1.10. The third-order valence-electron chi connectivity index (χ3n) is 3.60. The Balaban J connectivity index is 2.85. The zero-order chi connectivity index (χ0) is 13.2. The van der Waals surface area contributed by atoms with Gasteiger partial charge < -0.3 is 0 Å². The fourth-order valence-electron chi connectivity index (χ4n) is 2.54. The molecule has 2 bridgehead atoms. The number of allylic oxidation sites excluding steroid dienone is 6. The van der Waals surface area contributed by atoms with E-state index in [-0.39, 0.29) is 0 Å². The minimum Gasteiger partial charge on any atom is -0.196 e.